The summed E-state index contributed by atoms with van der Waals surface area (Å²) in [4.78, 5) is 0. The van der Waals surface area contributed by atoms with Crippen LogP contribution in [0.25, 0.3) is 0 Å². The molecule has 0 aliphatic rings. The zero-order valence-electron chi connectivity index (χ0n) is 12.4. The number of methoxy groups -OCH3 is 1. The zero-order chi connectivity index (χ0) is 13.7. The molecule has 0 bridgehead atoms. The molecule has 0 saturated carbocycles. The molecule has 18 heavy (non-hydrogen) atoms. The molecule has 1 aromatic rings. The standard InChI is InChI=1S/C14H27N3O/c1-6-11(15)14-12(7-2)16-17(13(14)8-3)10(4)9-18-5/h10-11H,6-9,15H2,1-5H3. The number of aryl methyl sites for hydroxylation is 1. The summed E-state index contributed by atoms with van der Waals surface area (Å²) in [6, 6.07) is 0.353. The maximum atomic E-state index is 6.25. The summed E-state index contributed by atoms with van der Waals surface area (Å²) in [6.07, 6.45) is 2.84. The first-order valence-electron chi connectivity index (χ1n) is 6.95. The SMILES string of the molecule is CCc1nn(C(C)COC)c(CC)c1C(N)CC. The van der Waals surface area contributed by atoms with Gasteiger partial charge >= 0.3 is 0 Å². The van der Waals surface area contributed by atoms with Gasteiger partial charge in [-0.25, -0.2) is 0 Å². The van der Waals surface area contributed by atoms with Crippen molar-refractivity contribution in [3.05, 3.63) is 17.0 Å². The smallest absolute Gasteiger partial charge is 0.0727 e. The van der Waals surface area contributed by atoms with Crippen molar-refractivity contribution in [2.45, 2.75) is 59.0 Å². The summed E-state index contributed by atoms with van der Waals surface area (Å²) in [5.41, 5.74) is 9.92. The van der Waals surface area contributed by atoms with Crippen LogP contribution in [0.3, 0.4) is 0 Å². The molecule has 1 heterocycles. The fourth-order valence-corrected chi connectivity index (χ4v) is 2.46. The second-order valence-corrected chi connectivity index (χ2v) is 4.78. The molecule has 0 spiro atoms. The van der Waals surface area contributed by atoms with Gasteiger partial charge < -0.3 is 10.5 Å². The molecule has 104 valence electrons. The average Bonchev–Trinajstić information content (AvgIpc) is 2.76. The Morgan fingerprint density at radius 1 is 1.28 bits per heavy atom. The molecular formula is C14H27N3O. The first kappa shape index (κ1) is 15.2. The minimum absolute atomic E-state index is 0.0957. The largest absolute Gasteiger partial charge is 0.382 e. The van der Waals surface area contributed by atoms with Gasteiger partial charge in [-0.15, -0.1) is 0 Å². The van der Waals surface area contributed by atoms with Crippen LogP contribution >= 0.6 is 0 Å². The minimum atomic E-state index is 0.0957. The molecule has 0 amide bonds. The van der Waals surface area contributed by atoms with Crippen LogP contribution in [-0.2, 0) is 17.6 Å². The van der Waals surface area contributed by atoms with Gasteiger partial charge in [0, 0.05) is 24.4 Å². The molecule has 4 nitrogen and oxygen atoms in total. The number of ether oxygens (including phenoxy) is 1. The van der Waals surface area contributed by atoms with Crippen molar-refractivity contribution in [3.8, 4) is 0 Å². The average molecular weight is 253 g/mol. The normalized spacial score (nSPS) is 14.8. The van der Waals surface area contributed by atoms with E-state index in [0.29, 0.717) is 6.61 Å². The number of nitrogens with two attached hydrogens (primary N) is 1. The lowest BCUT2D eigenvalue weighted by molar-refractivity contribution is 0.155. The molecule has 2 N–H and O–H groups in total. The lowest BCUT2D eigenvalue weighted by atomic mass is 10.00. The van der Waals surface area contributed by atoms with Crippen LogP contribution in [-0.4, -0.2) is 23.5 Å². The summed E-state index contributed by atoms with van der Waals surface area (Å²) in [7, 11) is 1.73. The summed E-state index contributed by atoms with van der Waals surface area (Å²) >= 11 is 0. The van der Waals surface area contributed by atoms with Crippen LogP contribution < -0.4 is 5.73 Å². The van der Waals surface area contributed by atoms with Crippen molar-refractivity contribution in [1.82, 2.24) is 9.78 Å². The quantitative estimate of drug-likeness (QED) is 0.812. The van der Waals surface area contributed by atoms with E-state index in [-0.39, 0.29) is 12.1 Å². The Hall–Kier alpha value is -0.870. The molecule has 2 unspecified atom stereocenters. The maximum Gasteiger partial charge on any atom is 0.0727 e. The second-order valence-electron chi connectivity index (χ2n) is 4.78. The first-order valence-corrected chi connectivity index (χ1v) is 6.95. The summed E-state index contributed by atoms with van der Waals surface area (Å²) in [5, 5.41) is 4.74. The van der Waals surface area contributed by atoms with Crippen molar-refractivity contribution in [1.29, 1.82) is 0 Å². The van der Waals surface area contributed by atoms with E-state index in [4.69, 9.17) is 15.6 Å². The zero-order valence-corrected chi connectivity index (χ0v) is 12.4. The van der Waals surface area contributed by atoms with E-state index >= 15 is 0 Å². The van der Waals surface area contributed by atoms with Crippen LogP contribution in [0.5, 0.6) is 0 Å². The molecule has 0 aliphatic carbocycles. The summed E-state index contributed by atoms with van der Waals surface area (Å²) in [6.45, 7) is 9.24. The Labute approximate surface area is 111 Å². The van der Waals surface area contributed by atoms with Crippen LogP contribution in [0.4, 0.5) is 0 Å². The molecule has 1 rings (SSSR count). The van der Waals surface area contributed by atoms with E-state index in [0.717, 1.165) is 25.0 Å². The third kappa shape index (κ3) is 2.93. The van der Waals surface area contributed by atoms with Crippen molar-refractivity contribution in [2.24, 2.45) is 5.73 Å². The van der Waals surface area contributed by atoms with E-state index in [2.05, 4.69) is 32.4 Å². The molecular weight excluding hydrogens is 226 g/mol. The Bertz CT molecular complexity index is 373. The molecule has 0 radical (unpaired) electrons. The monoisotopic (exact) mass is 253 g/mol. The van der Waals surface area contributed by atoms with Gasteiger partial charge in [0.2, 0.25) is 0 Å². The minimum Gasteiger partial charge on any atom is -0.382 e. The fourth-order valence-electron chi connectivity index (χ4n) is 2.46. The van der Waals surface area contributed by atoms with Crippen molar-refractivity contribution in [3.63, 3.8) is 0 Å². The topological polar surface area (TPSA) is 53.1 Å². The maximum absolute atomic E-state index is 6.25. The predicted molar refractivity (Wildman–Crippen MR) is 74.8 cm³/mol. The molecule has 4 heteroatoms. The van der Waals surface area contributed by atoms with Crippen molar-refractivity contribution in [2.75, 3.05) is 13.7 Å². The third-order valence-electron chi connectivity index (χ3n) is 3.43. The Kier molecular flexibility index (Phi) is 5.82. The summed E-state index contributed by atoms with van der Waals surface area (Å²) in [5.74, 6) is 0. The van der Waals surface area contributed by atoms with Gasteiger partial charge in [-0.1, -0.05) is 20.8 Å². The van der Waals surface area contributed by atoms with Crippen LogP contribution in [0.2, 0.25) is 0 Å². The van der Waals surface area contributed by atoms with E-state index in [1.54, 1.807) is 7.11 Å². The van der Waals surface area contributed by atoms with Gasteiger partial charge in [0.15, 0.2) is 0 Å². The lowest BCUT2D eigenvalue weighted by Crippen LogP contribution is -2.17. The fraction of sp³-hybridized carbons (Fsp3) is 0.786. The highest BCUT2D eigenvalue weighted by atomic mass is 16.5. The Morgan fingerprint density at radius 2 is 1.94 bits per heavy atom. The van der Waals surface area contributed by atoms with Gasteiger partial charge in [-0.3, -0.25) is 4.68 Å². The predicted octanol–water partition coefficient (Wildman–Crippen LogP) is 2.63. The second kappa shape index (κ2) is 6.90. The highest BCUT2D eigenvalue weighted by Gasteiger charge is 2.22. The van der Waals surface area contributed by atoms with Crippen molar-refractivity contribution >= 4 is 0 Å². The molecule has 0 aliphatic heterocycles. The highest BCUT2D eigenvalue weighted by Crippen LogP contribution is 2.26. The third-order valence-corrected chi connectivity index (χ3v) is 3.43. The first-order chi connectivity index (χ1) is 8.60. The van der Waals surface area contributed by atoms with Gasteiger partial charge in [0.1, 0.15) is 0 Å². The van der Waals surface area contributed by atoms with Crippen LogP contribution in [0.15, 0.2) is 0 Å². The molecule has 0 aromatic carbocycles. The number of rotatable bonds is 7. The molecule has 0 fully saturated rings. The van der Waals surface area contributed by atoms with Gasteiger partial charge in [0.25, 0.3) is 0 Å². The Balaban J connectivity index is 3.23. The van der Waals surface area contributed by atoms with E-state index < -0.39 is 0 Å². The molecule has 1 aromatic heterocycles. The van der Waals surface area contributed by atoms with Crippen molar-refractivity contribution < 1.29 is 4.74 Å². The molecule has 2 atom stereocenters. The van der Waals surface area contributed by atoms with E-state index in [9.17, 15) is 0 Å². The van der Waals surface area contributed by atoms with Gasteiger partial charge in [0.05, 0.1) is 18.3 Å². The van der Waals surface area contributed by atoms with Crippen LogP contribution in [0, 0.1) is 0 Å². The number of hydrogen-bond donors (Lipinski definition) is 1. The lowest BCUT2D eigenvalue weighted by Gasteiger charge is -2.16. The number of aromatic nitrogens is 2. The Morgan fingerprint density at radius 3 is 2.39 bits per heavy atom. The number of hydrogen-bond acceptors (Lipinski definition) is 3. The van der Waals surface area contributed by atoms with E-state index in [1.807, 2.05) is 0 Å². The highest BCUT2D eigenvalue weighted by molar-refractivity contribution is 5.30. The number of nitrogens with zero attached hydrogens (tertiary/aromatic N) is 2. The van der Waals surface area contributed by atoms with Gasteiger partial charge in [-0.2, -0.15) is 5.10 Å². The molecule has 0 saturated heterocycles. The van der Waals surface area contributed by atoms with Gasteiger partial charge in [-0.05, 0) is 26.2 Å². The van der Waals surface area contributed by atoms with E-state index in [1.165, 1.54) is 11.3 Å². The summed E-state index contributed by atoms with van der Waals surface area (Å²) < 4.78 is 7.34. The van der Waals surface area contributed by atoms with Crippen LogP contribution in [0.1, 0.15) is 63.2 Å².